The predicted octanol–water partition coefficient (Wildman–Crippen LogP) is 1.63. The molecule has 0 spiro atoms. The van der Waals surface area contributed by atoms with Gasteiger partial charge in [-0.15, -0.1) is 0 Å². The Morgan fingerprint density at radius 2 is 2.11 bits per heavy atom. The summed E-state index contributed by atoms with van der Waals surface area (Å²) in [6, 6.07) is 0.449. The molecule has 0 radical (unpaired) electrons. The minimum atomic E-state index is -0.436. The van der Waals surface area contributed by atoms with Crippen LogP contribution in [0.2, 0.25) is 0 Å². The molecule has 2 heterocycles. The van der Waals surface area contributed by atoms with Gasteiger partial charge in [0, 0.05) is 19.0 Å². The van der Waals surface area contributed by atoms with E-state index in [1.165, 1.54) is 0 Å². The Morgan fingerprint density at radius 1 is 1.44 bits per heavy atom. The summed E-state index contributed by atoms with van der Waals surface area (Å²) in [5.41, 5.74) is -0.436. The first-order valence-electron chi connectivity index (χ1n) is 6.58. The monoisotopic (exact) mass is 253 g/mol. The number of rotatable bonds is 1. The standard InChI is InChI=1S/C13H23N3O2/c1-8(2)11-14-9-6-16(7-10(9)15-11)12(17)18-13(3,4)5/h8-10H,6-7H2,1-5H3,(H,14,15). The summed E-state index contributed by atoms with van der Waals surface area (Å²) >= 11 is 0. The highest BCUT2D eigenvalue weighted by atomic mass is 16.6. The second-order valence-electron chi connectivity index (χ2n) is 6.37. The van der Waals surface area contributed by atoms with Gasteiger partial charge in [-0.25, -0.2) is 4.79 Å². The predicted molar refractivity (Wildman–Crippen MR) is 70.8 cm³/mol. The highest BCUT2D eigenvalue weighted by molar-refractivity contribution is 5.86. The Bertz CT molecular complexity index is 371. The molecule has 2 aliphatic rings. The molecule has 18 heavy (non-hydrogen) atoms. The summed E-state index contributed by atoms with van der Waals surface area (Å²) in [4.78, 5) is 18.3. The van der Waals surface area contributed by atoms with Gasteiger partial charge < -0.3 is 15.0 Å². The maximum atomic E-state index is 11.9. The van der Waals surface area contributed by atoms with Crippen molar-refractivity contribution in [1.29, 1.82) is 0 Å². The highest BCUT2D eigenvalue weighted by Gasteiger charge is 2.41. The highest BCUT2D eigenvalue weighted by Crippen LogP contribution is 2.22. The fourth-order valence-electron chi connectivity index (χ4n) is 2.26. The van der Waals surface area contributed by atoms with Crippen molar-refractivity contribution in [2.75, 3.05) is 13.1 Å². The second kappa shape index (κ2) is 4.44. The zero-order valence-electron chi connectivity index (χ0n) is 11.9. The largest absolute Gasteiger partial charge is 0.444 e. The number of hydrogen-bond acceptors (Lipinski definition) is 4. The van der Waals surface area contributed by atoms with Crippen molar-refractivity contribution in [3.05, 3.63) is 0 Å². The number of ether oxygens (including phenoxy) is 1. The third-order valence-electron chi connectivity index (χ3n) is 3.13. The van der Waals surface area contributed by atoms with Crippen LogP contribution in [-0.4, -0.2) is 47.6 Å². The first-order chi connectivity index (χ1) is 8.26. The van der Waals surface area contributed by atoms with Crippen LogP contribution < -0.4 is 5.32 Å². The number of fused-ring (bicyclic) bond motifs is 1. The first-order valence-corrected chi connectivity index (χ1v) is 6.58. The quantitative estimate of drug-likeness (QED) is 0.773. The van der Waals surface area contributed by atoms with Crippen molar-refractivity contribution in [2.45, 2.75) is 52.3 Å². The Morgan fingerprint density at radius 3 is 2.61 bits per heavy atom. The molecule has 1 amide bonds. The third kappa shape index (κ3) is 2.76. The number of aliphatic imine (C=N–C) groups is 1. The van der Waals surface area contributed by atoms with E-state index in [1.807, 2.05) is 20.8 Å². The molecule has 0 bridgehead atoms. The minimum Gasteiger partial charge on any atom is -0.444 e. The SMILES string of the molecule is CC(C)C1=NC2CN(C(=O)OC(C)(C)C)CC2N1. The number of carbonyl (C=O) groups excluding carboxylic acids is 1. The van der Waals surface area contributed by atoms with E-state index in [0.29, 0.717) is 19.0 Å². The van der Waals surface area contributed by atoms with E-state index < -0.39 is 5.60 Å². The molecular weight excluding hydrogens is 230 g/mol. The molecule has 2 aliphatic heterocycles. The van der Waals surface area contributed by atoms with Gasteiger partial charge in [-0.05, 0) is 20.8 Å². The lowest BCUT2D eigenvalue weighted by Crippen LogP contribution is -2.40. The van der Waals surface area contributed by atoms with Crippen LogP contribution in [0.4, 0.5) is 4.79 Å². The summed E-state index contributed by atoms with van der Waals surface area (Å²) in [7, 11) is 0. The molecule has 2 atom stereocenters. The van der Waals surface area contributed by atoms with E-state index in [1.54, 1.807) is 4.90 Å². The molecule has 1 N–H and O–H groups in total. The van der Waals surface area contributed by atoms with Gasteiger partial charge in [-0.1, -0.05) is 13.8 Å². The summed E-state index contributed by atoms with van der Waals surface area (Å²) < 4.78 is 5.37. The van der Waals surface area contributed by atoms with Gasteiger partial charge in [-0.2, -0.15) is 0 Å². The van der Waals surface area contributed by atoms with E-state index in [9.17, 15) is 4.79 Å². The van der Waals surface area contributed by atoms with Crippen LogP contribution in [0.5, 0.6) is 0 Å². The Hall–Kier alpha value is -1.26. The van der Waals surface area contributed by atoms with Crippen LogP contribution in [0.25, 0.3) is 0 Å². The van der Waals surface area contributed by atoms with Gasteiger partial charge in [0.25, 0.3) is 0 Å². The van der Waals surface area contributed by atoms with Crippen LogP contribution >= 0.6 is 0 Å². The molecule has 0 aliphatic carbocycles. The third-order valence-corrected chi connectivity index (χ3v) is 3.13. The number of hydrogen-bond donors (Lipinski definition) is 1. The Labute approximate surface area is 109 Å². The molecule has 0 aromatic heterocycles. The molecule has 2 rings (SSSR count). The van der Waals surface area contributed by atoms with Gasteiger partial charge in [-0.3, -0.25) is 4.99 Å². The number of likely N-dealkylation sites (tertiary alicyclic amines) is 1. The molecule has 5 nitrogen and oxygen atoms in total. The summed E-state index contributed by atoms with van der Waals surface area (Å²) in [5, 5.41) is 3.40. The summed E-state index contributed by atoms with van der Waals surface area (Å²) in [6.45, 7) is 11.2. The molecule has 2 unspecified atom stereocenters. The average molecular weight is 253 g/mol. The lowest BCUT2D eigenvalue weighted by Gasteiger charge is -2.24. The van der Waals surface area contributed by atoms with Gasteiger partial charge in [0.1, 0.15) is 5.60 Å². The summed E-state index contributed by atoms with van der Waals surface area (Å²) in [5.74, 6) is 1.49. The number of nitrogens with one attached hydrogen (secondary N) is 1. The average Bonchev–Trinajstić information content (AvgIpc) is 2.69. The molecule has 1 saturated heterocycles. The topological polar surface area (TPSA) is 53.9 Å². The van der Waals surface area contributed by atoms with Crippen molar-refractivity contribution in [3.8, 4) is 0 Å². The smallest absolute Gasteiger partial charge is 0.410 e. The van der Waals surface area contributed by atoms with Crippen molar-refractivity contribution >= 4 is 11.9 Å². The van der Waals surface area contributed by atoms with Gasteiger partial charge in [0.15, 0.2) is 0 Å². The van der Waals surface area contributed by atoms with Crippen LogP contribution in [0, 0.1) is 5.92 Å². The van der Waals surface area contributed by atoms with Crippen LogP contribution in [0.1, 0.15) is 34.6 Å². The molecule has 102 valence electrons. The van der Waals surface area contributed by atoms with E-state index >= 15 is 0 Å². The van der Waals surface area contributed by atoms with Crippen molar-refractivity contribution < 1.29 is 9.53 Å². The summed E-state index contributed by atoms with van der Waals surface area (Å²) in [6.07, 6.45) is -0.236. The van der Waals surface area contributed by atoms with Crippen molar-refractivity contribution in [3.63, 3.8) is 0 Å². The van der Waals surface area contributed by atoms with Crippen LogP contribution in [0.15, 0.2) is 4.99 Å². The van der Waals surface area contributed by atoms with E-state index in [-0.39, 0.29) is 18.2 Å². The fraction of sp³-hybridized carbons (Fsp3) is 0.846. The maximum absolute atomic E-state index is 11.9. The molecule has 5 heteroatoms. The molecule has 1 fully saturated rings. The maximum Gasteiger partial charge on any atom is 0.410 e. The van der Waals surface area contributed by atoms with Gasteiger partial charge >= 0.3 is 6.09 Å². The zero-order valence-corrected chi connectivity index (χ0v) is 11.9. The fourth-order valence-corrected chi connectivity index (χ4v) is 2.26. The Balaban J connectivity index is 1.93. The number of nitrogens with zero attached hydrogens (tertiary/aromatic N) is 2. The zero-order chi connectivity index (χ0) is 13.5. The van der Waals surface area contributed by atoms with E-state index in [4.69, 9.17) is 4.74 Å². The molecule has 0 saturated carbocycles. The van der Waals surface area contributed by atoms with Crippen LogP contribution in [0.3, 0.4) is 0 Å². The normalized spacial score (nSPS) is 27.0. The van der Waals surface area contributed by atoms with Crippen molar-refractivity contribution in [2.24, 2.45) is 10.9 Å². The molecule has 0 aromatic rings. The lowest BCUT2D eigenvalue weighted by atomic mass is 10.2. The van der Waals surface area contributed by atoms with E-state index in [2.05, 4.69) is 24.2 Å². The Kier molecular flexibility index (Phi) is 3.25. The first kappa shape index (κ1) is 13.2. The van der Waals surface area contributed by atoms with Crippen molar-refractivity contribution in [1.82, 2.24) is 10.2 Å². The van der Waals surface area contributed by atoms with Gasteiger partial charge in [0.05, 0.1) is 17.9 Å². The number of amidine groups is 1. The van der Waals surface area contributed by atoms with Crippen LogP contribution in [-0.2, 0) is 4.74 Å². The number of carbonyl (C=O) groups is 1. The minimum absolute atomic E-state index is 0.190. The van der Waals surface area contributed by atoms with Gasteiger partial charge in [0.2, 0.25) is 0 Å². The van der Waals surface area contributed by atoms with E-state index in [0.717, 1.165) is 5.84 Å². The second-order valence-corrected chi connectivity index (χ2v) is 6.37. The lowest BCUT2D eigenvalue weighted by molar-refractivity contribution is 0.0289. The molecular formula is C13H23N3O2. The molecule has 0 aromatic carbocycles. The number of amides is 1.